The molecule has 0 heterocycles. The molecule has 10 nitrogen and oxygen atoms in total. The zero-order valence-corrected chi connectivity index (χ0v) is 47.6. The molecule has 0 amide bonds. The van der Waals surface area contributed by atoms with Gasteiger partial charge in [0.05, 0.1) is 36.3 Å². The summed E-state index contributed by atoms with van der Waals surface area (Å²) in [7, 11) is -9.08. The number of nitro benzene ring substituents is 2. The number of nitro groups is 2. The lowest BCUT2D eigenvalue weighted by Gasteiger charge is -2.37. The van der Waals surface area contributed by atoms with Gasteiger partial charge >= 0.3 is 0 Å². The van der Waals surface area contributed by atoms with Crippen LogP contribution in [0.3, 0.4) is 0 Å². The van der Waals surface area contributed by atoms with E-state index in [2.05, 4.69) is 183 Å². The predicted molar refractivity (Wildman–Crippen MR) is 282 cm³/mol. The van der Waals surface area contributed by atoms with Crippen molar-refractivity contribution in [1.29, 1.82) is 0 Å². The van der Waals surface area contributed by atoms with Gasteiger partial charge in [0.25, 0.3) is 11.4 Å². The summed E-state index contributed by atoms with van der Waals surface area (Å²) in [4.78, 5) is 21.9. The van der Waals surface area contributed by atoms with E-state index in [-0.39, 0.29) is 58.0 Å². The Bertz CT molecular complexity index is 2210. The maximum Gasteiger partial charge on any atom is 0.269 e. The number of nitrogens with zero attached hydrogens (tertiary/aromatic N) is 2. The van der Waals surface area contributed by atoms with Crippen molar-refractivity contribution in [2.24, 2.45) is 0 Å². The van der Waals surface area contributed by atoms with E-state index in [1.165, 1.54) is 24.3 Å². The molecule has 0 saturated carbocycles. The van der Waals surface area contributed by atoms with Crippen LogP contribution in [0, 0.1) is 67.6 Å². The normalized spacial score (nSPS) is 13.6. The van der Waals surface area contributed by atoms with Gasteiger partial charge in [-0.2, -0.15) is 0 Å². The highest BCUT2D eigenvalue weighted by atomic mass is 28.4. The van der Waals surface area contributed by atoms with Gasteiger partial charge < -0.3 is 17.7 Å². The molecule has 2 aromatic carbocycles. The van der Waals surface area contributed by atoms with Crippen LogP contribution in [0.25, 0.3) is 0 Å². The minimum Gasteiger partial charge on any atom is -0.412 e. The minimum absolute atomic E-state index is 0.0133. The van der Waals surface area contributed by atoms with E-state index in [0.717, 1.165) is 0 Å². The molecule has 0 bridgehead atoms. The van der Waals surface area contributed by atoms with Gasteiger partial charge in [-0.05, 0) is 109 Å². The zero-order chi connectivity index (χ0) is 50.7. The molecule has 0 radical (unpaired) electrons. The Morgan fingerprint density at radius 2 is 0.636 bits per heavy atom. The highest BCUT2D eigenvalue weighted by Crippen LogP contribution is 2.40. The Hall–Kier alpha value is -4.33. The second kappa shape index (κ2) is 22.6. The molecule has 14 heteroatoms. The maximum atomic E-state index is 11.4. The number of hydrogen-bond acceptors (Lipinski definition) is 8. The van der Waals surface area contributed by atoms with E-state index in [1.807, 2.05) is 0 Å². The summed E-state index contributed by atoms with van der Waals surface area (Å²) < 4.78 is 27.1. The first kappa shape index (κ1) is 57.8. The first-order valence-corrected chi connectivity index (χ1v) is 34.1. The smallest absolute Gasteiger partial charge is 0.269 e. The van der Waals surface area contributed by atoms with Crippen molar-refractivity contribution >= 4 is 44.6 Å². The van der Waals surface area contributed by atoms with Gasteiger partial charge in [0.15, 0.2) is 33.3 Å². The topological polar surface area (TPSA) is 123 Å². The average Bonchev–Trinajstić information content (AvgIpc) is 3.17. The molecule has 0 N–H and O–H groups in total. The summed E-state index contributed by atoms with van der Waals surface area (Å²) >= 11 is 0. The van der Waals surface area contributed by atoms with E-state index < -0.39 is 43.1 Å². The van der Waals surface area contributed by atoms with Crippen molar-refractivity contribution in [3.05, 3.63) is 102 Å². The van der Waals surface area contributed by atoms with Crippen LogP contribution >= 0.6 is 0 Å². The fourth-order valence-electron chi connectivity index (χ4n) is 4.51. The van der Waals surface area contributed by atoms with Crippen LogP contribution in [-0.2, 0) is 17.7 Å². The number of benzene rings is 2. The third-order valence-electron chi connectivity index (χ3n) is 13.6. The monoisotopic (exact) mass is 968 g/mol. The Morgan fingerprint density at radius 3 is 0.833 bits per heavy atom. The summed E-state index contributed by atoms with van der Waals surface area (Å²) in [6.07, 6.45) is 0. The Kier molecular flexibility index (Phi) is 19.8. The van der Waals surface area contributed by atoms with Crippen molar-refractivity contribution < 1.29 is 27.6 Å². The molecule has 0 fully saturated rings. The Morgan fingerprint density at radius 1 is 0.424 bits per heavy atom. The van der Waals surface area contributed by atoms with E-state index in [1.54, 1.807) is 24.3 Å². The summed E-state index contributed by atoms with van der Waals surface area (Å²) in [5, 5.41) is 22.5. The van der Waals surface area contributed by atoms with Crippen LogP contribution in [0.1, 0.15) is 94.2 Å². The third kappa shape index (κ3) is 17.4. The minimum atomic E-state index is -2.28. The summed E-state index contributed by atoms with van der Waals surface area (Å²) in [5.74, 6) is 26.1. The number of non-ortho nitro benzene ring substituents is 2. The average molecular weight is 970 g/mol. The summed E-state index contributed by atoms with van der Waals surface area (Å²) in [6, 6.07) is 12.3. The lowest BCUT2D eigenvalue weighted by molar-refractivity contribution is -0.385. The van der Waals surface area contributed by atoms with E-state index in [0.29, 0.717) is 33.4 Å². The second-order valence-corrected chi connectivity index (χ2v) is 42.0. The molecule has 0 aliphatic rings. The van der Waals surface area contributed by atoms with Gasteiger partial charge in [0, 0.05) is 57.7 Å². The van der Waals surface area contributed by atoms with Gasteiger partial charge in [-0.15, -0.1) is 0 Å². The molecule has 0 atom stereocenters. The highest BCUT2D eigenvalue weighted by molar-refractivity contribution is 6.75. The predicted octanol–water partition coefficient (Wildman–Crippen LogP) is 13.6. The molecule has 0 aliphatic heterocycles. The van der Waals surface area contributed by atoms with E-state index in [4.69, 9.17) is 17.7 Å². The van der Waals surface area contributed by atoms with E-state index in [9.17, 15) is 20.2 Å². The molecule has 2 aromatic rings. The Labute approximate surface area is 401 Å². The number of hydrogen-bond donors (Lipinski definition) is 0. The van der Waals surface area contributed by atoms with Crippen LogP contribution < -0.4 is 0 Å². The fourth-order valence-corrected chi connectivity index (χ4v) is 8.27. The van der Waals surface area contributed by atoms with Crippen LogP contribution in [-0.4, -0.2) is 69.5 Å². The fraction of sp³-hybridized carbons (Fsp3) is 0.538. The van der Waals surface area contributed by atoms with Crippen LogP contribution in [0.2, 0.25) is 72.5 Å². The second-order valence-electron chi connectivity index (χ2n) is 22.7. The lowest BCUT2D eigenvalue weighted by Crippen LogP contribution is -2.42. The van der Waals surface area contributed by atoms with Crippen molar-refractivity contribution in [3.8, 4) is 47.4 Å². The molecule has 0 aromatic heterocycles. The van der Waals surface area contributed by atoms with Gasteiger partial charge in [-0.25, -0.2) is 0 Å². The molecule has 66 heavy (non-hydrogen) atoms. The SMILES string of the molecule is CC(C)(C)[Si](C)(C)OC/C(C#CC#C/C(CO[Si](C)(C)C(C)(C)C)=C(/C#Cc1ccc([N+](=O)[O-])cc1)CO[Si](C)(C)C(C)(C)C)=C(\C#Cc1ccc([N+](=O)[O-])cc1)CO[Si](C)(C)C(C)(C)C. The number of rotatable bonds is 14. The molecule has 0 aliphatic carbocycles. The molecule has 0 unspecified atom stereocenters. The van der Waals surface area contributed by atoms with Crippen molar-refractivity contribution in [3.63, 3.8) is 0 Å². The summed E-state index contributed by atoms with van der Waals surface area (Å²) in [5.41, 5.74) is 3.79. The van der Waals surface area contributed by atoms with Gasteiger partial charge in [0.2, 0.25) is 0 Å². The zero-order valence-electron chi connectivity index (χ0n) is 43.6. The molecule has 0 spiro atoms. The first-order valence-electron chi connectivity index (χ1n) is 22.5. The standard InChI is InChI=1S/C52H76N2O8Si4/c1-49(2,3)63(13,14)59-37-43(45(39-61-65(17,18)51(7,8)9)31-25-41-27-33-47(34-28-41)53(55)56)23-21-22-24-44(38-60-64(15,16)50(4,5)6)46(40-62-66(19,20)52(10,11)12)32-26-42-29-35-48(36-30-42)54(57)58/h27-30,33-36H,37-40H2,1-20H3/b45-43+,46-44+. The first-order chi connectivity index (χ1) is 29.9. The van der Waals surface area contributed by atoms with Crippen molar-refractivity contribution in [2.45, 2.75) is 156 Å². The van der Waals surface area contributed by atoms with Gasteiger partial charge in [-0.1, -0.05) is 119 Å². The molecule has 0 saturated heterocycles. The quantitative estimate of drug-likeness (QED) is 0.0794. The maximum absolute atomic E-state index is 11.4. The molecule has 2 rings (SSSR count). The van der Waals surface area contributed by atoms with Crippen LogP contribution in [0.15, 0.2) is 70.8 Å². The third-order valence-corrected chi connectivity index (χ3v) is 31.5. The van der Waals surface area contributed by atoms with Gasteiger partial charge in [-0.3, -0.25) is 20.2 Å². The highest BCUT2D eigenvalue weighted by Gasteiger charge is 2.40. The lowest BCUT2D eigenvalue weighted by atomic mass is 10.1. The largest absolute Gasteiger partial charge is 0.412 e. The summed E-state index contributed by atoms with van der Waals surface area (Å²) in [6.45, 7) is 44.5. The molecule has 358 valence electrons. The van der Waals surface area contributed by atoms with Gasteiger partial charge in [0.1, 0.15) is 0 Å². The van der Waals surface area contributed by atoms with Crippen LogP contribution in [0.4, 0.5) is 11.4 Å². The van der Waals surface area contributed by atoms with Crippen molar-refractivity contribution in [1.82, 2.24) is 0 Å². The molecular weight excluding hydrogens is 893 g/mol. The van der Waals surface area contributed by atoms with E-state index >= 15 is 0 Å². The van der Waals surface area contributed by atoms with Crippen LogP contribution in [0.5, 0.6) is 0 Å². The molecular formula is C52H76N2O8Si4. The van der Waals surface area contributed by atoms with Crippen molar-refractivity contribution in [2.75, 3.05) is 26.4 Å². The Balaban J connectivity index is 3.05.